The average Bonchev–Trinajstić information content (AvgIpc) is 2.40. The van der Waals surface area contributed by atoms with Gasteiger partial charge in [0.1, 0.15) is 5.75 Å². The summed E-state index contributed by atoms with van der Waals surface area (Å²) < 4.78 is 5.25. The highest BCUT2D eigenvalue weighted by Crippen LogP contribution is 2.29. The van der Waals surface area contributed by atoms with E-state index in [0.29, 0.717) is 0 Å². The molecule has 2 aromatic carbocycles. The number of para-hydroxylation sites is 1. The molecule has 2 nitrogen and oxygen atoms in total. The minimum Gasteiger partial charge on any atom is -0.497 e. The van der Waals surface area contributed by atoms with E-state index >= 15 is 0 Å². The van der Waals surface area contributed by atoms with Crippen molar-refractivity contribution in [3.05, 3.63) is 48.5 Å². The lowest BCUT2D eigenvalue weighted by atomic mass is 10.0. The second-order valence-electron chi connectivity index (χ2n) is 3.72. The molecule has 0 aliphatic rings. The van der Waals surface area contributed by atoms with Gasteiger partial charge in [-0.2, -0.15) is 0 Å². The average molecular weight is 226 g/mol. The molecule has 0 aliphatic carbocycles. The zero-order valence-corrected chi connectivity index (χ0v) is 10.2. The molecular weight excluding hydrogens is 210 g/mol. The Bertz CT molecular complexity index is 494. The summed E-state index contributed by atoms with van der Waals surface area (Å²) in [6.07, 6.45) is 0. The van der Waals surface area contributed by atoms with Crippen LogP contribution in [0.15, 0.2) is 42.5 Å². The van der Waals surface area contributed by atoms with E-state index in [4.69, 9.17) is 4.74 Å². The Morgan fingerprint density at radius 1 is 1.24 bits per heavy atom. The Hall–Kier alpha value is -1.96. The van der Waals surface area contributed by atoms with E-state index in [1.807, 2.05) is 30.3 Å². The molecule has 1 N–H and O–H groups in total. The van der Waals surface area contributed by atoms with E-state index < -0.39 is 0 Å². The fraction of sp³-hybridized carbons (Fsp3) is 0.200. The summed E-state index contributed by atoms with van der Waals surface area (Å²) in [5.74, 6) is 0.869. The second kappa shape index (κ2) is 5.39. The van der Waals surface area contributed by atoms with Gasteiger partial charge in [-0.3, -0.25) is 0 Å². The van der Waals surface area contributed by atoms with Crippen molar-refractivity contribution in [2.75, 3.05) is 19.0 Å². The molecule has 0 amide bonds. The standard InChI is InChI=1S/C15H16NO/c1-3-16-15-10-5-4-9-14(15)12-7-6-8-13(11-12)17-2/h4-9,11,16H,3H2,1-2H3. The quantitative estimate of drug-likeness (QED) is 0.860. The van der Waals surface area contributed by atoms with Crippen molar-refractivity contribution in [1.29, 1.82) is 0 Å². The van der Waals surface area contributed by atoms with E-state index in [2.05, 4.69) is 30.4 Å². The molecule has 0 heterocycles. The molecule has 0 aromatic heterocycles. The second-order valence-corrected chi connectivity index (χ2v) is 3.72. The number of methoxy groups -OCH3 is 1. The minimum atomic E-state index is 0.869. The Kier molecular flexibility index (Phi) is 3.66. The molecule has 0 unspecified atom stereocenters. The van der Waals surface area contributed by atoms with Gasteiger partial charge in [0, 0.05) is 23.9 Å². The predicted molar refractivity (Wildman–Crippen MR) is 71.4 cm³/mol. The lowest BCUT2D eigenvalue weighted by Gasteiger charge is -2.11. The number of hydrogen-bond donors (Lipinski definition) is 1. The molecule has 2 aromatic rings. The summed E-state index contributed by atoms with van der Waals surface area (Å²) in [7, 11) is 1.68. The first-order chi connectivity index (χ1) is 8.35. The maximum Gasteiger partial charge on any atom is 0.119 e. The Morgan fingerprint density at radius 2 is 2.12 bits per heavy atom. The first kappa shape index (κ1) is 11.5. The van der Waals surface area contributed by atoms with Crippen molar-refractivity contribution in [2.24, 2.45) is 0 Å². The van der Waals surface area contributed by atoms with Crippen molar-refractivity contribution >= 4 is 5.69 Å². The van der Waals surface area contributed by atoms with Crippen LogP contribution in [0, 0.1) is 6.07 Å². The highest BCUT2D eigenvalue weighted by molar-refractivity contribution is 5.78. The lowest BCUT2D eigenvalue weighted by Crippen LogP contribution is -1.98. The van der Waals surface area contributed by atoms with Crippen molar-refractivity contribution in [1.82, 2.24) is 0 Å². The molecule has 87 valence electrons. The van der Waals surface area contributed by atoms with Gasteiger partial charge in [0.05, 0.1) is 7.11 Å². The van der Waals surface area contributed by atoms with Crippen LogP contribution in [0.5, 0.6) is 5.75 Å². The van der Waals surface area contributed by atoms with E-state index in [-0.39, 0.29) is 0 Å². The Labute approximate surface area is 102 Å². The molecule has 0 fully saturated rings. The van der Waals surface area contributed by atoms with Crippen molar-refractivity contribution < 1.29 is 4.74 Å². The topological polar surface area (TPSA) is 21.3 Å². The maximum atomic E-state index is 5.25. The normalized spacial score (nSPS) is 10.0. The third-order valence-corrected chi connectivity index (χ3v) is 2.59. The number of rotatable bonds is 4. The molecule has 17 heavy (non-hydrogen) atoms. The van der Waals surface area contributed by atoms with Crippen LogP contribution in [0.2, 0.25) is 0 Å². The summed E-state index contributed by atoms with van der Waals surface area (Å²) in [6, 6.07) is 17.3. The van der Waals surface area contributed by atoms with Gasteiger partial charge in [-0.15, -0.1) is 0 Å². The molecule has 0 saturated carbocycles. The van der Waals surface area contributed by atoms with Crippen LogP contribution in [0.3, 0.4) is 0 Å². The predicted octanol–water partition coefficient (Wildman–Crippen LogP) is 3.59. The van der Waals surface area contributed by atoms with Crippen LogP contribution in [0.4, 0.5) is 5.69 Å². The lowest BCUT2D eigenvalue weighted by molar-refractivity contribution is 0.415. The molecule has 0 bridgehead atoms. The third kappa shape index (κ3) is 2.59. The molecule has 0 spiro atoms. The summed E-state index contributed by atoms with van der Waals surface area (Å²) in [6.45, 7) is 2.97. The van der Waals surface area contributed by atoms with Gasteiger partial charge < -0.3 is 10.1 Å². The summed E-state index contributed by atoms with van der Waals surface area (Å²) in [5, 5.41) is 3.32. The maximum absolute atomic E-state index is 5.25. The SMILES string of the molecule is CCNc1[c]cccc1-c1cccc(OC)c1. The number of benzene rings is 2. The minimum absolute atomic E-state index is 0.869. The van der Waals surface area contributed by atoms with Crippen molar-refractivity contribution in [3.63, 3.8) is 0 Å². The molecular formula is C15H16NO. The smallest absolute Gasteiger partial charge is 0.119 e. The van der Waals surface area contributed by atoms with E-state index in [0.717, 1.165) is 29.1 Å². The van der Waals surface area contributed by atoms with Gasteiger partial charge in [0.2, 0.25) is 0 Å². The summed E-state index contributed by atoms with van der Waals surface area (Å²) in [5.41, 5.74) is 3.31. The van der Waals surface area contributed by atoms with E-state index in [9.17, 15) is 0 Å². The van der Waals surface area contributed by atoms with Crippen LogP contribution in [0.1, 0.15) is 6.92 Å². The molecule has 2 rings (SSSR count). The number of nitrogens with one attached hydrogen (secondary N) is 1. The zero-order valence-electron chi connectivity index (χ0n) is 10.2. The molecule has 0 atom stereocenters. The first-order valence-corrected chi connectivity index (χ1v) is 5.74. The zero-order chi connectivity index (χ0) is 12.1. The number of ether oxygens (including phenoxy) is 1. The number of anilines is 1. The van der Waals surface area contributed by atoms with Crippen LogP contribution in [-0.4, -0.2) is 13.7 Å². The Morgan fingerprint density at radius 3 is 2.88 bits per heavy atom. The van der Waals surface area contributed by atoms with Gasteiger partial charge >= 0.3 is 0 Å². The van der Waals surface area contributed by atoms with Crippen LogP contribution < -0.4 is 10.1 Å². The molecule has 0 saturated heterocycles. The van der Waals surface area contributed by atoms with E-state index in [1.54, 1.807) is 7.11 Å². The third-order valence-electron chi connectivity index (χ3n) is 2.59. The van der Waals surface area contributed by atoms with Crippen LogP contribution in [-0.2, 0) is 0 Å². The first-order valence-electron chi connectivity index (χ1n) is 5.74. The van der Waals surface area contributed by atoms with Gasteiger partial charge in [-0.1, -0.05) is 30.3 Å². The molecule has 1 radical (unpaired) electrons. The highest BCUT2D eigenvalue weighted by atomic mass is 16.5. The van der Waals surface area contributed by atoms with Gasteiger partial charge in [-0.05, 0) is 24.6 Å². The van der Waals surface area contributed by atoms with Crippen LogP contribution >= 0.6 is 0 Å². The fourth-order valence-corrected chi connectivity index (χ4v) is 1.79. The van der Waals surface area contributed by atoms with Crippen LogP contribution in [0.25, 0.3) is 11.1 Å². The summed E-state index contributed by atoms with van der Waals surface area (Å²) >= 11 is 0. The Balaban J connectivity index is 2.44. The van der Waals surface area contributed by atoms with E-state index in [1.165, 1.54) is 0 Å². The van der Waals surface area contributed by atoms with Crippen molar-refractivity contribution in [3.8, 4) is 16.9 Å². The van der Waals surface area contributed by atoms with Crippen molar-refractivity contribution in [2.45, 2.75) is 6.92 Å². The monoisotopic (exact) mass is 226 g/mol. The molecule has 0 aliphatic heterocycles. The van der Waals surface area contributed by atoms with Gasteiger partial charge in [-0.25, -0.2) is 0 Å². The highest BCUT2D eigenvalue weighted by Gasteiger charge is 2.04. The van der Waals surface area contributed by atoms with Gasteiger partial charge in [0.25, 0.3) is 0 Å². The molecule has 2 heteroatoms. The fourth-order valence-electron chi connectivity index (χ4n) is 1.79. The largest absolute Gasteiger partial charge is 0.497 e. The summed E-state index contributed by atoms with van der Waals surface area (Å²) in [4.78, 5) is 0. The number of hydrogen-bond acceptors (Lipinski definition) is 2. The van der Waals surface area contributed by atoms with Gasteiger partial charge in [0.15, 0.2) is 0 Å².